The molecular weight excluding hydrogens is 246 g/mol. The highest BCUT2D eigenvalue weighted by Gasteiger charge is 2.33. The van der Waals surface area contributed by atoms with Crippen molar-refractivity contribution in [3.05, 3.63) is 48.0 Å². The van der Waals surface area contributed by atoms with Gasteiger partial charge in [0.1, 0.15) is 0 Å². The molecule has 1 N–H and O–H groups in total. The van der Waals surface area contributed by atoms with Crippen LogP contribution in [0.3, 0.4) is 0 Å². The number of hydrogen-bond acceptors (Lipinski definition) is 2. The van der Waals surface area contributed by atoms with E-state index in [-0.39, 0.29) is 11.6 Å². The number of likely N-dealkylation sites (N-methyl/N-ethyl adjacent to an activating group) is 1. The van der Waals surface area contributed by atoms with Crippen molar-refractivity contribution in [2.24, 2.45) is 0 Å². The summed E-state index contributed by atoms with van der Waals surface area (Å²) in [4.78, 5) is 0. The first-order valence-electron chi connectivity index (χ1n) is 7.44. The van der Waals surface area contributed by atoms with E-state index in [1.807, 2.05) is 7.05 Å². The zero-order valence-corrected chi connectivity index (χ0v) is 12.9. The normalized spacial score (nSPS) is 16.0. The van der Waals surface area contributed by atoms with E-state index in [0.29, 0.717) is 0 Å². The number of benzene rings is 2. The van der Waals surface area contributed by atoms with E-state index in [0.717, 1.165) is 13.0 Å². The van der Waals surface area contributed by atoms with Crippen LogP contribution < -0.4 is 5.32 Å². The van der Waals surface area contributed by atoms with Crippen molar-refractivity contribution in [2.75, 3.05) is 13.7 Å². The Balaban J connectivity index is 2.42. The highest BCUT2D eigenvalue weighted by atomic mass is 16.5. The highest BCUT2D eigenvalue weighted by Crippen LogP contribution is 2.33. The molecule has 0 saturated heterocycles. The molecule has 108 valence electrons. The lowest BCUT2D eigenvalue weighted by Gasteiger charge is -2.37. The van der Waals surface area contributed by atoms with E-state index < -0.39 is 0 Å². The van der Waals surface area contributed by atoms with Crippen LogP contribution in [0.2, 0.25) is 0 Å². The Morgan fingerprint density at radius 3 is 2.40 bits per heavy atom. The third-order valence-corrected chi connectivity index (χ3v) is 4.18. The van der Waals surface area contributed by atoms with Crippen molar-refractivity contribution in [1.29, 1.82) is 0 Å². The molecule has 0 aliphatic rings. The molecule has 0 aromatic heterocycles. The summed E-state index contributed by atoms with van der Waals surface area (Å²) in [6.07, 6.45) is 0.971. The Bertz CT molecular complexity index is 566. The van der Waals surface area contributed by atoms with Gasteiger partial charge in [0, 0.05) is 6.61 Å². The van der Waals surface area contributed by atoms with Crippen LogP contribution in [-0.2, 0) is 4.74 Å². The molecule has 0 fully saturated rings. The van der Waals surface area contributed by atoms with Crippen LogP contribution in [-0.4, -0.2) is 19.3 Å². The SMILES string of the molecule is CCOC(C)(CC)C(NC)c1ccc2ccccc2c1. The second-order valence-corrected chi connectivity index (χ2v) is 5.43. The summed E-state index contributed by atoms with van der Waals surface area (Å²) in [6, 6.07) is 15.3. The Morgan fingerprint density at radius 2 is 1.80 bits per heavy atom. The van der Waals surface area contributed by atoms with Crippen LogP contribution in [0.25, 0.3) is 10.8 Å². The minimum absolute atomic E-state index is 0.189. The van der Waals surface area contributed by atoms with Crippen molar-refractivity contribution in [3.63, 3.8) is 0 Å². The predicted molar refractivity (Wildman–Crippen MR) is 86.1 cm³/mol. The number of hydrogen-bond donors (Lipinski definition) is 1. The smallest absolute Gasteiger partial charge is 0.0845 e. The maximum atomic E-state index is 6.04. The fourth-order valence-electron chi connectivity index (χ4n) is 2.93. The quantitative estimate of drug-likeness (QED) is 0.845. The molecule has 0 saturated carbocycles. The highest BCUT2D eigenvalue weighted by molar-refractivity contribution is 5.83. The predicted octanol–water partition coefficient (Wildman–Crippen LogP) is 4.31. The van der Waals surface area contributed by atoms with Crippen LogP contribution in [0, 0.1) is 0 Å². The van der Waals surface area contributed by atoms with Crippen molar-refractivity contribution >= 4 is 10.8 Å². The molecule has 2 aromatic rings. The van der Waals surface area contributed by atoms with E-state index >= 15 is 0 Å². The molecule has 0 aliphatic carbocycles. The van der Waals surface area contributed by atoms with Crippen LogP contribution >= 0.6 is 0 Å². The second-order valence-electron chi connectivity index (χ2n) is 5.43. The van der Waals surface area contributed by atoms with Gasteiger partial charge in [-0.05, 0) is 49.7 Å². The minimum Gasteiger partial charge on any atom is -0.374 e. The fraction of sp³-hybridized carbons (Fsp3) is 0.444. The summed E-state index contributed by atoms with van der Waals surface area (Å²) in [5, 5.41) is 5.99. The monoisotopic (exact) mass is 271 g/mol. The van der Waals surface area contributed by atoms with Gasteiger partial charge in [-0.2, -0.15) is 0 Å². The Hall–Kier alpha value is -1.38. The molecule has 20 heavy (non-hydrogen) atoms. The molecule has 0 aliphatic heterocycles. The van der Waals surface area contributed by atoms with E-state index in [9.17, 15) is 0 Å². The van der Waals surface area contributed by atoms with Crippen LogP contribution in [0.15, 0.2) is 42.5 Å². The first-order chi connectivity index (χ1) is 9.64. The van der Waals surface area contributed by atoms with Gasteiger partial charge < -0.3 is 10.1 Å². The molecular formula is C18H25NO. The number of fused-ring (bicyclic) bond motifs is 1. The summed E-state index contributed by atoms with van der Waals surface area (Å²) in [5.41, 5.74) is 1.09. The molecule has 2 unspecified atom stereocenters. The number of rotatable bonds is 6. The molecule has 0 amide bonds. The average molecular weight is 271 g/mol. The number of ether oxygens (including phenoxy) is 1. The van der Waals surface area contributed by atoms with Gasteiger partial charge in [-0.3, -0.25) is 0 Å². The summed E-state index contributed by atoms with van der Waals surface area (Å²) in [7, 11) is 2.01. The Kier molecular flexibility index (Phi) is 4.79. The molecule has 2 aromatic carbocycles. The molecule has 2 rings (SSSR count). The zero-order valence-electron chi connectivity index (χ0n) is 12.9. The largest absolute Gasteiger partial charge is 0.374 e. The van der Waals surface area contributed by atoms with Gasteiger partial charge in [-0.1, -0.05) is 43.3 Å². The van der Waals surface area contributed by atoms with Gasteiger partial charge >= 0.3 is 0 Å². The number of nitrogens with one attached hydrogen (secondary N) is 1. The third-order valence-electron chi connectivity index (χ3n) is 4.18. The minimum atomic E-state index is -0.189. The van der Waals surface area contributed by atoms with Crippen molar-refractivity contribution in [2.45, 2.75) is 38.8 Å². The van der Waals surface area contributed by atoms with Gasteiger partial charge in [0.2, 0.25) is 0 Å². The van der Waals surface area contributed by atoms with Gasteiger partial charge in [0.25, 0.3) is 0 Å². The van der Waals surface area contributed by atoms with E-state index in [1.165, 1.54) is 16.3 Å². The fourth-order valence-corrected chi connectivity index (χ4v) is 2.93. The van der Waals surface area contributed by atoms with E-state index in [1.54, 1.807) is 0 Å². The van der Waals surface area contributed by atoms with Crippen LogP contribution in [0.4, 0.5) is 0 Å². The molecule has 0 bridgehead atoms. The maximum absolute atomic E-state index is 6.04. The summed E-state index contributed by atoms with van der Waals surface area (Å²) < 4.78 is 6.04. The maximum Gasteiger partial charge on any atom is 0.0845 e. The van der Waals surface area contributed by atoms with Crippen molar-refractivity contribution in [1.82, 2.24) is 5.32 Å². The average Bonchev–Trinajstić information content (AvgIpc) is 2.48. The third kappa shape index (κ3) is 2.87. The summed E-state index contributed by atoms with van der Waals surface area (Å²) in [6.45, 7) is 7.16. The Morgan fingerprint density at radius 1 is 1.10 bits per heavy atom. The lowest BCUT2D eigenvalue weighted by molar-refractivity contribution is -0.0546. The lowest BCUT2D eigenvalue weighted by Crippen LogP contribution is -2.42. The Labute approximate surface area is 122 Å². The molecule has 2 nitrogen and oxygen atoms in total. The second kappa shape index (κ2) is 6.38. The zero-order chi connectivity index (χ0) is 14.6. The molecule has 0 radical (unpaired) electrons. The van der Waals surface area contributed by atoms with E-state index in [2.05, 4.69) is 68.6 Å². The molecule has 2 heteroatoms. The van der Waals surface area contributed by atoms with Gasteiger partial charge in [0.05, 0.1) is 11.6 Å². The molecule has 2 atom stereocenters. The van der Waals surface area contributed by atoms with Crippen LogP contribution in [0.1, 0.15) is 38.8 Å². The lowest BCUT2D eigenvalue weighted by atomic mass is 9.87. The van der Waals surface area contributed by atoms with E-state index in [4.69, 9.17) is 4.74 Å². The summed E-state index contributed by atoms with van der Waals surface area (Å²) in [5.74, 6) is 0. The summed E-state index contributed by atoms with van der Waals surface area (Å²) >= 11 is 0. The van der Waals surface area contributed by atoms with Gasteiger partial charge in [-0.15, -0.1) is 0 Å². The van der Waals surface area contributed by atoms with Crippen molar-refractivity contribution < 1.29 is 4.74 Å². The first kappa shape index (κ1) is 15.0. The van der Waals surface area contributed by atoms with Crippen LogP contribution in [0.5, 0.6) is 0 Å². The molecule has 0 heterocycles. The first-order valence-corrected chi connectivity index (χ1v) is 7.44. The topological polar surface area (TPSA) is 21.3 Å². The van der Waals surface area contributed by atoms with Gasteiger partial charge in [0.15, 0.2) is 0 Å². The standard InChI is InChI=1S/C18H25NO/c1-5-18(3,20-6-2)17(19-4)16-12-11-14-9-7-8-10-15(14)13-16/h7-13,17,19H,5-6H2,1-4H3. The van der Waals surface area contributed by atoms with Crippen molar-refractivity contribution in [3.8, 4) is 0 Å². The molecule has 0 spiro atoms. The van der Waals surface area contributed by atoms with Gasteiger partial charge in [-0.25, -0.2) is 0 Å².